The maximum absolute atomic E-state index is 3.62. The van der Waals surface area contributed by atoms with E-state index in [1.807, 2.05) is 0 Å². The highest BCUT2D eigenvalue weighted by Crippen LogP contribution is 2.35. The standard InChI is InChI=1S/C17H27BrN2S/c1-5-19-13(2)15-12-14(18)6-7-16(15)20-9-8-17(3,4)21-11-10-20/h6-7,12-13,19H,5,8-11H2,1-4H3. The first kappa shape index (κ1) is 17.2. The molecule has 1 aliphatic rings. The molecular weight excluding hydrogens is 344 g/mol. The number of anilines is 1. The summed E-state index contributed by atoms with van der Waals surface area (Å²) in [5.74, 6) is 1.21. The van der Waals surface area contributed by atoms with Crippen molar-refractivity contribution in [1.29, 1.82) is 0 Å². The number of nitrogens with zero attached hydrogens (tertiary/aromatic N) is 1. The summed E-state index contributed by atoms with van der Waals surface area (Å²) in [4.78, 5) is 2.57. The van der Waals surface area contributed by atoms with Gasteiger partial charge in [-0.1, -0.05) is 36.7 Å². The number of rotatable bonds is 4. The van der Waals surface area contributed by atoms with Gasteiger partial charge in [-0.15, -0.1) is 0 Å². The van der Waals surface area contributed by atoms with E-state index in [0.717, 1.165) is 24.1 Å². The van der Waals surface area contributed by atoms with Gasteiger partial charge in [0.05, 0.1) is 0 Å². The van der Waals surface area contributed by atoms with Gasteiger partial charge in [0.1, 0.15) is 0 Å². The average molecular weight is 371 g/mol. The van der Waals surface area contributed by atoms with Crippen LogP contribution < -0.4 is 10.2 Å². The third kappa shape index (κ3) is 4.64. The van der Waals surface area contributed by atoms with Gasteiger partial charge in [0.15, 0.2) is 0 Å². The first-order valence-corrected chi connectivity index (χ1v) is 9.62. The largest absolute Gasteiger partial charge is 0.370 e. The predicted octanol–water partition coefficient (Wildman–Crippen LogP) is 4.84. The summed E-state index contributed by atoms with van der Waals surface area (Å²) in [5, 5.41) is 3.55. The SMILES string of the molecule is CCNC(C)c1cc(Br)ccc1N1CCSC(C)(C)CC1. The van der Waals surface area contributed by atoms with Crippen LogP contribution >= 0.6 is 27.7 Å². The monoisotopic (exact) mass is 370 g/mol. The van der Waals surface area contributed by atoms with E-state index in [1.54, 1.807) is 0 Å². The van der Waals surface area contributed by atoms with Crippen LogP contribution in [0, 0.1) is 0 Å². The summed E-state index contributed by atoms with van der Waals surface area (Å²) in [6.45, 7) is 12.4. The lowest BCUT2D eigenvalue weighted by Gasteiger charge is -2.28. The van der Waals surface area contributed by atoms with Gasteiger partial charge in [0.2, 0.25) is 0 Å². The number of hydrogen-bond acceptors (Lipinski definition) is 3. The van der Waals surface area contributed by atoms with Crippen LogP contribution in [0.3, 0.4) is 0 Å². The molecule has 0 aromatic heterocycles. The minimum Gasteiger partial charge on any atom is -0.370 e. The second kappa shape index (κ2) is 7.38. The summed E-state index contributed by atoms with van der Waals surface area (Å²) in [5.41, 5.74) is 2.79. The number of hydrogen-bond donors (Lipinski definition) is 1. The van der Waals surface area contributed by atoms with Crippen LogP contribution in [-0.2, 0) is 0 Å². The number of thioether (sulfide) groups is 1. The molecule has 0 aliphatic carbocycles. The van der Waals surface area contributed by atoms with Gasteiger partial charge >= 0.3 is 0 Å². The average Bonchev–Trinajstić information content (AvgIpc) is 2.60. The van der Waals surface area contributed by atoms with E-state index in [0.29, 0.717) is 10.8 Å². The van der Waals surface area contributed by atoms with Gasteiger partial charge < -0.3 is 10.2 Å². The lowest BCUT2D eigenvalue weighted by atomic mass is 10.0. The van der Waals surface area contributed by atoms with E-state index in [4.69, 9.17) is 0 Å². The Kier molecular flexibility index (Phi) is 6.04. The maximum atomic E-state index is 3.62. The molecular formula is C17H27BrN2S. The molecule has 118 valence electrons. The molecule has 1 N–H and O–H groups in total. The third-order valence-electron chi connectivity index (χ3n) is 4.14. The zero-order chi connectivity index (χ0) is 15.5. The minimum absolute atomic E-state index is 0.381. The van der Waals surface area contributed by atoms with Crippen LogP contribution in [0.2, 0.25) is 0 Å². The van der Waals surface area contributed by atoms with E-state index in [2.05, 4.69) is 83.8 Å². The lowest BCUT2D eigenvalue weighted by Crippen LogP contribution is -2.29. The normalized spacial score (nSPS) is 20.1. The van der Waals surface area contributed by atoms with Crippen LogP contribution in [0.25, 0.3) is 0 Å². The molecule has 1 fully saturated rings. The fourth-order valence-electron chi connectivity index (χ4n) is 2.84. The quantitative estimate of drug-likeness (QED) is 0.815. The van der Waals surface area contributed by atoms with Gasteiger partial charge in [-0.3, -0.25) is 0 Å². The van der Waals surface area contributed by atoms with E-state index >= 15 is 0 Å². The Bertz CT molecular complexity index is 476. The number of benzene rings is 1. The summed E-state index contributed by atoms with van der Waals surface area (Å²) in [6.07, 6.45) is 1.24. The number of halogens is 1. The van der Waals surface area contributed by atoms with E-state index < -0.39 is 0 Å². The Hall–Kier alpha value is -0.190. The highest BCUT2D eigenvalue weighted by atomic mass is 79.9. The van der Waals surface area contributed by atoms with Crippen molar-refractivity contribution >= 4 is 33.4 Å². The molecule has 1 aromatic rings. The lowest BCUT2D eigenvalue weighted by molar-refractivity contribution is 0.592. The molecule has 2 rings (SSSR count). The fraction of sp³-hybridized carbons (Fsp3) is 0.647. The van der Waals surface area contributed by atoms with Crippen molar-refractivity contribution in [2.45, 2.75) is 44.9 Å². The molecule has 0 spiro atoms. The minimum atomic E-state index is 0.381. The molecule has 2 nitrogen and oxygen atoms in total. The Balaban J connectivity index is 2.26. The van der Waals surface area contributed by atoms with E-state index in [9.17, 15) is 0 Å². The predicted molar refractivity (Wildman–Crippen MR) is 99.6 cm³/mol. The molecule has 1 aliphatic heterocycles. The van der Waals surface area contributed by atoms with Crippen LogP contribution in [0.1, 0.15) is 45.7 Å². The van der Waals surface area contributed by atoms with Crippen molar-refractivity contribution in [3.05, 3.63) is 28.2 Å². The Morgan fingerprint density at radius 1 is 1.38 bits per heavy atom. The van der Waals surface area contributed by atoms with Crippen molar-refractivity contribution in [3.63, 3.8) is 0 Å². The van der Waals surface area contributed by atoms with Gasteiger partial charge in [-0.25, -0.2) is 0 Å². The van der Waals surface area contributed by atoms with Crippen LogP contribution in [0.4, 0.5) is 5.69 Å². The zero-order valence-electron chi connectivity index (χ0n) is 13.6. The molecule has 1 atom stereocenters. The highest BCUT2D eigenvalue weighted by molar-refractivity contribution is 9.10. The molecule has 4 heteroatoms. The fourth-order valence-corrected chi connectivity index (χ4v) is 4.32. The smallest absolute Gasteiger partial charge is 0.0415 e. The third-order valence-corrected chi connectivity index (χ3v) is 6.01. The molecule has 0 amide bonds. The molecule has 1 unspecified atom stereocenters. The molecule has 1 saturated heterocycles. The Morgan fingerprint density at radius 3 is 2.86 bits per heavy atom. The molecule has 0 radical (unpaired) electrons. The van der Waals surface area contributed by atoms with E-state index in [1.165, 1.54) is 23.4 Å². The molecule has 0 bridgehead atoms. The summed E-state index contributed by atoms with van der Waals surface area (Å²) in [6, 6.07) is 7.09. The maximum Gasteiger partial charge on any atom is 0.0415 e. The highest BCUT2D eigenvalue weighted by Gasteiger charge is 2.25. The molecule has 21 heavy (non-hydrogen) atoms. The Labute approximate surface area is 142 Å². The second-order valence-corrected chi connectivity index (χ2v) is 9.05. The van der Waals surface area contributed by atoms with Crippen molar-refractivity contribution < 1.29 is 0 Å². The first-order valence-electron chi connectivity index (χ1n) is 7.84. The first-order chi connectivity index (χ1) is 9.93. The number of nitrogens with one attached hydrogen (secondary N) is 1. The van der Waals surface area contributed by atoms with Crippen molar-refractivity contribution in [1.82, 2.24) is 5.32 Å². The van der Waals surface area contributed by atoms with Crippen LogP contribution in [0.5, 0.6) is 0 Å². The van der Waals surface area contributed by atoms with Crippen LogP contribution in [-0.4, -0.2) is 30.1 Å². The topological polar surface area (TPSA) is 15.3 Å². The van der Waals surface area contributed by atoms with Gasteiger partial charge in [0.25, 0.3) is 0 Å². The van der Waals surface area contributed by atoms with Gasteiger partial charge in [-0.05, 0) is 43.7 Å². The zero-order valence-corrected chi connectivity index (χ0v) is 16.0. The molecule has 1 heterocycles. The van der Waals surface area contributed by atoms with Crippen LogP contribution in [0.15, 0.2) is 22.7 Å². The summed E-state index contributed by atoms with van der Waals surface area (Å²) in [7, 11) is 0. The van der Waals surface area contributed by atoms with Crippen molar-refractivity contribution in [2.75, 3.05) is 30.3 Å². The summed E-state index contributed by atoms with van der Waals surface area (Å²) >= 11 is 5.72. The van der Waals surface area contributed by atoms with Gasteiger partial charge in [-0.2, -0.15) is 11.8 Å². The van der Waals surface area contributed by atoms with Crippen molar-refractivity contribution in [3.8, 4) is 0 Å². The molecule has 0 saturated carbocycles. The molecule has 1 aromatic carbocycles. The van der Waals surface area contributed by atoms with Gasteiger partial charge in [0, 0.05) is 39.8 Å². The summed E-state index contributed by atoms with van der Waals surface area (Å²) < 4.78 is 1.56. The second-order valence-electron chi connectivity index (χ2n) is 6.33. The Morgan fingerprint density at radius 2 is 2.14 bits per heavy atom. The van der Waals surface area contributed by atoms with Crippen molar-refractivity contribution in [2.24, 2.45) is 0 Å². The van der Waals surface area contributed by atoms with E-state index in [-0.39, 0.29) is 0 Å².